The summed E-state index contributed by atoms with van der Waals surface area (Å²) in [5, 5.41) is 2.59. The number of hydrogen-bond donors (Lipinski definition) is 1. The lowest BCUT2D eigenvalue weighted by atomic mass is 10.2. The number of benzene rings is 1. The third kappa shape index (κ3) is 6.44. The molecular formula is C18H20BrN3O4S. The zero-order valence-electron chi connectivity index (χ0n) is 15.4. The molecule has 1 unspecified atom stereocenters. The smallest absolute Gasteiger partial charge is 0.412 e. The average Bonchev–Trinajstić information content (AvgIpc) is 2.53. The number of carbonyl (C=O) groups is 2. The molecule has 1 aromatic heterocycles. The van der Waals surface area contributed by atoms with Crippen LogP contribution >= 0.6 is 15.9 Å². The van der Waals surface area contributed by atoms with E-state index in [-0.39, 0.29) is 5.56 Å². The molecule has 0 bridgehead atoms. The lowest BCUT2D eigenvalue weighted by Gasteiger charge is -2.19. The van der Waals surface area contributed by atoms with Crippen LogP contribution in [0.25, 0.3) is 0 Å². The summed E-state index contributed by atoms with van der Waals surface area (Å²) in [6.07, 6.45) is 3.69. The van der Waals surface area contributed by atoms with E-state index in [0.29, 0.717) is 15.1 Å². The van der Waals surface area contributed by atoms with E-state index in [1.807, 2.05) is 0 Å². The van der Waals surface area contributed by atoms with Gasteiger partial charge in [0, 0.05) is 33.7 Å². The van der Waals surface area contributed by atoms with Crippen LogP contribution in [0.5, 0.6) is 0 Å². The van der Waals surface area contributed by atoms with Crippen molar-refractivity contribution in [1.29, 1.82) is 0 Å². The van der Waals surface area contributed by atoms with E-state index >= 15 is 0 Å². The molecular weight excluding hydrogens is 434 g/mol. The molecule has 2 rings (SSSR count). The molecule has 2 amide bonds. The highest BCUT2D eigenvalue weighted by Crippen LogP contribution is 2.18. The number of pyridine rings is 1. The number of halogens is 1. The minimum atomic E-state index is -2.96. The maximum Gasteiger partial charge on any atom is 0.412 e. The van der Waals surface area contributed by atoms with Crippen molar-refractivity contribution in [3.63, 3.8) is 0 Å². The van der Waals surface area contributed by atoms with Gasteiger partial charge in [0.25, 0.3) is 5.91 Å². The minimum absolute atomic E-state index is 0.238. The maximum absolute atomic E-state index is 12.8. The molecule has 0 saturated heterocycles. The standard InChI is InChI=1S/C18H20BrN3O4S/c1-18(2,3)26-17(24)21-14-5-7-15(8-6-14)27(4,25)22-16(23)12-9-13(19)11-20-10-12/h5-11H,1-4H3,(H,21,24). The van der Waals surface area contributed by atoms with Crippen LogP contribution in [0.4, 0.5) is 10.5 Å². The highest BCUT2D eigenvalue weighted by molar-refractivity contribution is 9.10. The van der Waals surface area contributed by atoms with Crippen molar-refractivity contribution in [3.8, 4) is 0 Å². The van der Waals surface area contributed by atoms with Gasteiger partial charge in [-0.15, -0.1) is 0 Å². The lowest BCUT2D eigenvalue weighted by Crippen LogP contribution is -2.27. The highest BCUT2D eigenvalue weighted by Gasteiger charge is 2.17. The van der Waals surface area contributed by atoms with E-state index < -0.39 is 27.3 Å². The van der Waals surface area contributed by atoms with E-state index in [9.17, 15) is 13.8 Å². The topological polar surface area (TPSA) is 97.7 Å². The van der Waals surface area contributed by atoms with Gasteiger partial charge in [0.2, 0.25) is 0 Å². The van der Waals surface area contributed by atoms with E-state index in [0.717, 1.165) is 0 Å². The molecule has 144 valence electrons. The second kappa shape index (κ2) is 8.18. The molecule has 1 heterocycles. The zero-order valence-corrected chi connectivity index (χ0v) is 17.8. The number of nitrogens with zero attached hydrogens (tertiary/aromatic N) is 2. The van der Waals surface area contributed by atoms with Gasteiger partial charge >= 0.3 is 6.09 Å². The lowest BCUT2D eigenvalue weighted by molar-refractivity contribution is 0.0635. The van der Waals surface area contributed by atoms with Gasteiger partial charge in [-0.3, -0.25) is 15.1 Å². The predicted octanol–water partition coefficient (Wildman–Crippen LogP) is 4.49. The molecule has 0 saturated carbocycles. The zero-order chi connectivity index (χ0) is 20.2. The fraction of sp³-hybridized carbons (Fsp3) is 0.278. The van der Waals surface area contributed by atoms with Crippen LogP contribution in [-0.4, -0.2) is 33.1 Å². The largest absolute Gasteiger partial charge is 0.444 e. The quantitative estimate of drug-likeness (QED) is 0.737. The van der Waals surface area contributed by atoms with Crippen LogP contribution in [0.2, 0.25) is 0 Å². The molecule has 7 nitrogen and oxygen atoms in total. The van der Waals surface area contributed by atoms with Crippen molar-refractivity contribution < 1.29 is 18.5 Å². The summed E-state index contributed by atoms with van der Waals surface area (Å²) in [4.78, 5) is 28.3. The van der Waals surface area contributed by atoms with Gasteiger partial charge in [-0.1, -0.05) is 0 Å². The maximum atomic E-state index is 12.8. The van der Waals surface area contributed by atoms with Gasteiger partial charge in [-0.25, -0.2) is 9.00 Å². The molecule has 1 N–H and O–H groups in total. The van der Waals surface area contributed by atoms with Crippen molar-refractivity contribution in [2.45, 2.75) is 31.3 Å². The molecule has 0 radical (unpaired) electrons. The van der Waals surface area contributed by atoms with Crippen molar-refractivity contribution in [3.05, 3.63) is 52.8 Å². The Hall–Kier alpha value is -2.26. The van der Waals surface area contributed by atoms with E-state index in [1.165, 1.54) is 18.6 Å². The third-order valence-corrected chi connectivity index (χ3v) is 5.24. The third-order valence-electron chi connectivity index (χ3n) is 3.15. The Bertz CT molecular complexity index is 975. The number of hydrogen-bond acceptors (Lipinski definition) is 5. The number of ether oxygens (including phenoxy) is 1. The minimum Gasteiger partial charge on any atom is -0.444 e. The summed E-state index contributed by atoms with van der Waals surface area (Å²) in [5.74, 6) is -0.618. The Morgan fingerprint density at radius 3 is 2.37 bits per heavy atom. The molecule has 27 heavy (non-hydrogen) atoms. The fourth-order valence-corrected chi connectivity index (χ4v) is 3.54. The average molecular weight is 454 g/mol. The van der Waals surface area contributed by atoms with Crippen LogP contribution in [0.3, 0.4) is 0 Å². The summed E-state index contributed by atoms with van der Waals surface area (Å²) in [6.45, 7) is 5.30. The first-order valence-corrected chi connectivity index (χ1v) is 10.6. The van der Waals surface area contributed by atoms with Crippen LogP contribution in [0.15, 0.2) is 56.5 Å². The number of carbonyl (C=O) groups excluding carboxylic acids is 2. The van der Waals surface area contributed by atoms with Crippen molar-refractivity contribution in [2.24, 2.45) is 4.36 Å². The molecule has 2 aromatic rings. The molecule has 0 aliphatic carbocycles. The molecule has 0 aliphatic heterocycles. The van der Waals surface area contributed by atoms with Gasteiger partial charge in [-0.05, 0) is 67.0 Å². The number of rotatable bonds is 3. The van der Waals surface area contributed by atoms with Crippen molar-refractivity contribution in [2.75, 3.05) is 11.6 Å². The first-order valence-electron chi connectivity index (χ1n) is 7.93. The van der Waals surface area contributed by atoms with Crippen LogP contribution in [0, 0.1) is 0 Å². The molecule has 1 aromatic carbocycles. The molecule has 0 spiro atoms. The Morgan fingerprint density at radius 2 is 1.81 bits per heavy atom. The number of amides is 2. The van der Waals surface area contributed by atoms with E-state index in [4.69, 9.17) is 4.74 Å². The van der Waals surface area contributed by atoms with Crippen LogP contribution in [-0.2, 0) is 14.5 Å². The predicted molar refractivity (Wildman–Crippen MR) is 107 cm³/mol. The van der Waals surface area contributed by atoms with Crippen molar-refractivity contribution >= 4 is 43.3 Å². The van der Waals surface area contributed by atoms with E-state index in [1.54, 1.807) is 51.1 Å². The summed E-state index contributed by atoms with van der Waals surface area (Å²) in [6, 6.07) is 7.80. The number of anilines is 1. The van der Waals surface area contributed by atoms with Gasteiger partial charge in [-0.2, -0.15) is 4.36 Å². The molecule has 0 fully saturated rings. The first kappa shape index (κ1) is 21.0. The summed E-state index contributed by atoms with van der Waals surface area (Å²) in [5.41, 5.74) is 0.107. The highest BCUT2D eigenvalue weighted by atomic mass is 79.9. The van der Waals surface area contributed by atoms with Crippen LogP contribution in [0.1, 0.15) is 31.1 Å². The number of aromatic nitrogens is 1. The summed E-state index contributed by atoms with van der Waals surface area (Å²) >= 11 is 3.23. The molecule has 9 heteroatoms. The van der Waals surface area contributed by atoms with Gasteiger partial charge in [0.15, 0.2) is 0 Å². The second-order valence-electron chi connectivity index (χ2n) is 6.74. The fourth-order valence-electron chi connectivity index (χ4n) is 2.00. The Kier molecular flexibility index (Phi) is 6.38. The van der Waals surface area contributed by atoms with Gasteiger partial charge in [0.1, 0.15) is 5.60 Å². The van der Waals surface area contributed by atoms with Crippen LogP contribution < -0.4 is 5.32 Å². The monoisotopic (exact) mass is 453 g/mol. The van der Waals surface area contributed by atoms with Gasteiger partial charge in [0.05, 0.1) is 15.3 Å². The Labute approximate surface area is 166 Å². The summed E-state index contributed by atoms with van der Waals surface area (Å²) in [7, 11) is -2.96. The van der Waals surface area contributed by atoms with Gasteiger partial charge < -0.3 is 4.74 Å². The molecule has 1 atom stereocenters. The SMILES string of the molecule is CC(C)(C)OC(=O)Nc1ccc(S(C)(=O)=NC(=O)c2cncc(Br)c2)cc1. The normalized spacial score (nSPS) is 13.4. The molecule has 0 aliphatic rings. The Morgan fingerprint density at radius 1 is 1.19 bits per heavy atom. The van der Waals surface area contributed by atoms with E-state index in [2.05, 4.69) is 30.6 Å². The summed E-state index contributed by atoms with van der Waals surface area (Å²) < 4.78 is 22.5. The van der Waals surface area contributed by atoms with Crippen molar-refractivity contribution in [1.82, 2.24) is 4.98 Å². The first-order chi connectivity index (χ1) is 12.5. The second-order valence-corrected chi connectivity index (χ2v) is 9.92. The Balaban J connectivity index is 2.18. The number of nitrogens with one attached hydrogen (secondary N) is 1.